The molecular weight excluding hydrogens is 344 g/mol. The number of nitrogens with zero attached hydrogens (tertiary/aromatic N) is 2. The van der Waals surface area contributed by atoms with Gasteiger partial charge in [-0.2, -0.15) is 0 Å². The zero-order valence-corrected chi connectivity index (χ0v) is 15.4. The Morgan fingerprint density at radius 3 is 2.35 bits per heavy atom. The Morgan fingerprint density at radius 2 is 1.69 bits per heavy atom. The van der Waals surface area contributed by atoms with E-state index in [1.807, 2.05) is 61.6 Å². The maximum atomic E-state index is 12.9. The minimum absolute atomic E-state index is 0.00249. The van der Waals surface area contributed by atoms with Gasteiger partial charge in [0, 0.05) is 43.3 Å². The van der Waals surface area contributed by atoms with Crippen LogP contribution in [0.4, 0.5) is 0 Å². The van der Waals surface area contributed by atoms with E-state index in [9.17, 15) is 4.79 Å². The second-order valence-electron chi connectivity index (χ2n) is 6.33. The molecule has 2 aromatic carbocycles. The van der Waals surface area contributed by atoms with E-state index >= 15 is 0 Å². The zero-order chi connectivity index (χ0) is 18.4. The largest absolute Gasteiger partial charge is 0.341 e. The SMILES string of the molecule is CN(Cc1cccnc1)C(=O)C[C@H](c1ccccc1)c1ccc(Cl)cc1. The van der Waals surface area contributed by atoms with Crippen molar-refractivity contribution in [2.75, 3.05) is 7.05 Å². The predicted molar refractivity (Wildman–Crippen MR) is 105 cm³/mol. The van der Waals surface area contributed by atoms with Crippen LogP contribution in [0.1, 0.15) is 29.0 Å². The molecule has 0 fully saturated rings. The van der Waals surface area contributed by atoms with Crippen LogP contribution in [0.5, 0.6) is 0 Å². The number of hydrogen-bond acceptors (Lipinski definition) is 2. The van der Waals surface area contributed by atoms with Crippen LogP contribution in [-0.4, -0.2) is 22.8 Å². The van der Waals surface area contributed by atoms with Gasteiger partial charge in [0.05, 0.1) is 0 Å². The van der Waals surface area contributed by atoms with E-state index in [1.54, 1.807) is 17.3 Å². The summed E-state index contributed by atoms with van der Waals surface area (Å²) in [5.74, 6) is 0.0926. The number of amides is 1. The summed E-state index contributed by atoms with van der Waals surface area (Å²) in [7, 11) is 1.83. The summed E-state index contributed by atoms with van der Waals surface area (Å²) >= 11 is 6.03. The minimum Gasteiger partial charge on any atom is -0.341 e. The van der Waals surface area contributed by atoms with Gasteiger partial charge >= 0.3 is 0 Å². The van der Waals surface area contributed by atoms with Gasteiger partial charge in [-0.3, -0.25) is 9.78 Å². The number of carbonyl (C=O) groups excluding carboxylic acids is 1. The van der Waals surface area contributed by atoms with Gasteiger partial charge in [0.1, 0.15) is 0 Å². The van der Waals surface area contributed by atoms with E-state index in [0.717, 1.165) is 16.7 Å². The molecule has 0 aliphatic rings. The lowest BCUT2D eigenvalue weighted by atomic mass is 9.88. The molecule has 0 bridgehead atoms. The van der Waals surface area contributed by atoms with E-state index < -0.39 is 0 Å². The molecule has 0 saturated carbocycles. The molecule has 0 radical (unpaired) electrons. The van der Waals surface area contributed by atoms with E-state index in [4.69, 9.17) is 11.6 Å². The van der Waals surface area contributed by atoms with Crippen LogP contribution in [0.2, 0.25) is 5.02 Å². The maximum absolute atomic E-state index is 12.9. The Balaban J connectivity index is 1.79. The molecule has 1 amide bonds. The maximum Gasteiger partial charge on any atom is 0.223 e. The Morgan fingerprint density at radius 1 is 1.00 bits per heavy atom. The van der Waals surface area contributed by atoms with E-state index in [1.165, 1.54) is 0 Å². The second kappa shape index (κ2) is 8.63. The van der Waals surface area contributed by atoms with Gasteiger partial charge in [-0.1, -0.05) is 60.1 Å². The molecule has 3 rings (SSSR count). The molecule has 0 unspecified atom stereocenters. The number of rotatable bonds is 6. The molecule has 0 aliphatic heterocycles. The summed E-state index contributed by atoms with van der Waals surface area (Å²) in [6.07, 6.45) is 3.93. The van der Waals surface area contributed by atoms with Crippen LogP contribution in [0.3, 0.4) is 0 Å². The van der Waals surface area contributed by atoms with Crippen molar-refractivity contribution in [1.82, 2.24) is 9.88 Å². The normalized spacial score (nSPS) is 11.8. The van der Waals surface area contributed by atoms with Crippen LogP contribution in [0.15, 0.2) is 79.1 Å². The average Bonchev–Trinajstić information content (AvgIpc) is 2.68. The fourth-order valence-electron chi connectivity index (χ4n) is 2.99. The highest BCUT2D eigenvalue weighted by Gasteiger charge is 2.20. The number of halogens is 1. The molecular formula is C22H21ClN2O. The molecule has 0 spiro atoms. The van der Waals surface area contributed by atoms with Crippen LogP contribution >= 0.6 is 11.6 Å². The van der Waals surface area contributed by atoms with E-state index in [0.29, 0.717) is 18.0 Å². The topological polar surface area (TPSA) is 33.2 Å². The first-order valence-corrected chi connectivity index (χ1v) is 8.94. The third-order valence-electron chi connectivity index (χ3n) is 4.42. The highest BCUT2D eigenvalue weighted by molar-refractivity contribution is 6.30. The fraction of sp³-hybridized carbons (Fsp3) is 0.182. The van der Waals surface area contributed by atoms with Crippen molar-refractivity contribution in [3.05, 3.63) is 101 Å². The van der Waals surface area contributed by atoms with Crippen LogP contribution in [0.25, 0.3) is 0 Å². The Kier molecular flexibility index (Phi) is 6.03. The molecule has 1 atom stereocenters. The molecule has 1 heterocycles. The first-order valence-electron chi connectivity index (χ1n) is 8.57. The molecule has 1 aromatic heterocycles. The molecule has 4 heteroatoms. The van der Waals surface area contributed by atoms with Crippen molar-refractivity contribution >= 4 is 17.5 Å². The summed E-state index contributed by atoms with van der Waals surface area (Å²) < 4.78 is 0. The van der Waals surface area contributed by atoms with Crippen molar-refractivity contribution in [3.63, 3.8) is 0 Å². The molecule has 132 valence electrons. The standard InChI is InChI=1S/C22H21ClN2O/c1-25(16-17-6-5-13-24-15-17)22(26)14-21(18-7-3-2-4-8-18)19-9-11-20(23)12-10-19/h2-13,15,21H,14,16H2,1H3/t21-/m1/s1. The monoisotopic (exact) mass is 364 g/mol. The number of carbonyl (C=O) groups is 1. The minimum atomic E-state index is -0.00249. The fourth-order valence-corrected chi connectivity index (χ4v) is 3.12. The molecule has 0 N–H and O–H groups in total. The van der Waals surface area contributed by atoms with Gasteiger partial charge < -0.3 is 4.90 Å². The van der Waals surface area contributed by atoms with Gasteiger partial charge in [0.15, 0.2) is 0 Å². The zero-order valence-electron chi connectivity index (χ0n) is 14.7. The number of aromatic nitrogens is 1. The van der Waals surface area contributed by atoms with E-state index in [2.05, 4.69) is 17.1 Å². The third kappa shape index (κ3) is 4.70. The van der Waals surface area contributed by atoms with Crippen LogP contribution in [-0.2, 0) is 11.3 Å². The Bertz CT molecular complexity index is 835. The first kappa shape index (κ1) is 18.2. The molecule has 0 saturated heterocycles. The molecule has 3 aromatic rings. The lowest BCUT2D eigenvalue weighted by Crippen LogP contribution is -2.27. The van der Waals surface area contributed by atoms with Gasteiger partial charge in [0.25, 0.3) is 0 Å². The highest BCUT2D eigenvalue weighted by Crippen LogP contribution is 2.29. The quantitative estimate of drug-likeness (QED) is 0.622. The van der Waals surface area contributed by atoms with Gasteiger partial charge in [0.2, 0.25) is 5.91 Å². The number of benzene rings is 2. The highest BCUT2D eigenvalue weighted by atomic mass is 35.5. The summed E-state index contributed by atoms with van der Waals surface area (Å²) in [6, 6.07) is 21.7. The first-order chi connectivity index (χ1) is 12.6. The van der Waals surface area contributed by atoms with Crippen LogP contribution in [0, 0.1) is 0 Å². The van der Waals surface area contributed by atoms with Crippen molar-refractivity contribution in [1.29, 1.82) is 0 Å². The molecule has 0 aliphatic carbocycles. The van der Waals surface area contributed by atoms with Gasteiger partial charge in [-0.15, -0.1) is 0 Å². The van der Waals surface area contributed by atoms with Crippen molar-refractivity contribution in [2.24, 2.45) is 0 Å². The molecule has 3 nitrogen and oxygen atoms in total. The summed E-state index contributed by atoms with van der Waals surface area (Å²) in [5, 5.41) is 0.695. The van der Waals surface area contributed by atoms with Crippen molar-refractivity contribution in [3.8, 4) is 0 Å². The summed E-state index contributed by atoms with van der Waals surface area (Å²) in [5.41, 5.74) is 3.23. The predicted octanol–water partition coefficient (Wildman–Crippen LogP) is 4.92. The third-order valence-corrected chi connectivity index (χ3v) is 4.67. The van der Waals surface area contributed by atoms with Crippen molar-refractivity contribution < 1.29 is 4.79 Å². The Labute approximate surface area is 159 Å². The van der Waals surface area contributed by atoms with Crippen LogP contribution < -0.4 is 0 Å². The van der Waals surface area contributed by atoms with E-state index in [-0.39, 0.29) is 11.8 Å². The number of pyridine rings is 1. The second-order valence-corrected chi connectivity index (χ2v) is 6.77. The van der Waals surface area contributed by atoms with Crippen molar-refractivity contribution in [2.45, 2.75) is 18.9 Å². The average molecular weight is 365 g/mol. The lowest BCUT2D eigenvalue weighted by molar-refractivity contribution is -0.130. The smallest absolute Gasteiger partial charge is 0.223 e. The lowest BCUT2D eigenvalue weighted by Gasteiger charge is -2.22. The molecule has 26 heavy (non-hydrogen) atoms. The Hall–Kier alpha value is -2.65. The number of hydrogen-bond donors (Lipinski definition) is 0. The summed E-state index contributed by atoms with van der Waals surface area (Å²) in [4.78, 5) is 18.7. The summed E-state index contributed by atoms with van der Waals surface area (Å²) in [6.45, 7) is 0.550. The van der Waals surface area contributed by atoms with Gasteiger partial charge in [-0.25, -0.2) is 0 Å². The van der Waals surface area contributed by atoms with Gasteiger partial charge in [-0.05, 0) is 34.9 Å².